The van der Waals surface area contributed by atoms with E-state index in [9.17, 15) is 14.3 Å². The number of rotatable bonds is 2. The molecule has 0 bridgehead atoms. The van der Waals surface area contributed by atoms with Crippen LogP contribution in [0.1, 0.15) is 35.8 Å². The van der Waals surface area contributed by atoms with E-state index in [2.05, 4.69) is 11.9 Å². The van der Waals surface area contributed by atoms with Gasteiger partial charge in [-0.25, -0.2) is 9.18 Å². The van der Waals surface area contributed by atoms with Crippen LogP contribution >= 0.6 is 0 Å². The lowest BCUT2D eigenvalue weighted by atomic mass is 9.99. The number of carboxylic acid groups (broad SMARTS) is 1. The van der Waals surface area contributed by atoms with Crippen LogP contribution in [0, 0.1) is 5.82 Å². The highest BCUT2D eigenvalue weighted by Gasteiger charge is 2.41. The molecule has 92 valence electrons. The lowest BCUT2D eigenvalue weighted by Gasteiger charge is -2.11. The number of carboxylic acids is 1. The second kappa shape index (κ2) is 3.51. The van der Waals surface area contributed by atoms with E-state index in [0.717, 1.165) is 18.5 Å². The Bertz CT molecular complexity index is 662. The first-order chi connectivity index (χ1) is 8.49. The zero-order valence-electron chi connectivity index (χ0n) is 9.90. The van der Waals surface area contributed by atoms with E-state index in [1.54, 1.807) is 6.07 Å². The topological polar surface area (TPSA) is 50.2 Å². The molecule has 0 unspecified atom stereocenters. The summed E-state index contributed by atoms with van der Waals surface area (Å²) in [4.78, 5) is 15.7. The van der Waals surface area contributed by atoms with Crippen molar-refractivity contribution in [2.24, 2.45) is 0 Å². The first-order valence-electron chi connectivity index (χ1n) is 5.84. The van der Waals surface area contributed by atoms with Crippen LogP contribution < -0.4 is 0 Å². The molecule has 18 heavy (non-hydrogen) atoms. The SMILES string of the molecule is CC1(c2cc(C(=O)O)c3cc(F)ccc3n2)CC1. The number of carbonyl (C=O) groups is 1. The van der Waals surface area contributed by atoms with Gasteiger partial charge in [-0.2, -0.15) is 0 Å². The summed E-state index contributed by atoms with van der Waals surface area (Å²) in [6.07, 6.45) is 2.04. The van der Waals surface area contributed by atoms with E-state index in [0.29, 0.717) is 10.9 Å². The van der Waals surface area contributed by atoms with Gasteiger partial charge in [0, 0.05) is 16.5 Å². The first kappa shape index (κ1) is 11.1. The normalized spacial score (nSPS) is 16.8. The maximum absolute atomic E-state index is 13.2. The summed E-state index contributed by atoms with van der Waals surface area (Å²) >= 11 is 0. The molecule has 0 saturated heterocycles. The average molecular weight is 245 g/mol. The standard InChI is InChI=1S/C14H12FNO2/c1-14(4-5-14)12-7-10(13(17)18)9-6-8(15)2-3-11(9)16-12/h2-3,6-7H,4-5H2,1H3,(H,17,18). The quantitative estimate of drug-likeness (QED) is 0.884. The van der Waals surface area contributed by atoms with E-state index in [4.69, 9.17) is 0 Å². The Balaban J connectivity index is 2.32. The summed E-state index contributed by atoms with van der Waals surface area (Å²) in [7, 11) is 0. The van der Waals surface area contributed by atoms with Gasteiger partial charge in [0.15, 0.2) is 0 Å². The monoisotopic (exact) mass is 245 g/mol. The van der Waals surface area contributed by atoms with Gasteiger partial charge in [0.25, 0.3) is 0 Å². The number of hydrogen-bond donors (Lipinski definition) is 1. The van der Waals surface area contributed by atoms with Gasteiger partial charge in [0.05, 0.1) is 11.1 Å². The molecule has 2 aromatic rings. The molecule has 1 aromatic heterocycles. The van der Waals surface area contributed by atoms with Crippen molar-refractivity contribution in [1.29, 1.82) is 0 Å². The predicted octanol–water partition coefficient (Wildman–Crippen LogP) is 3.12. The number of halogens is 1. The second-order valence-corrected chi connectivity index (χ2v) is 5.08. The molecule has 4 heteroatoms. The molecule has 1 aliphatic carbocycles. The molecule has 1 aliphatic rings. The summed E-state index contributed by atoms with van der Waals surface area (Å²) in [5, 5.41) is 9.59. The lowest BCUT2D eigenvalue weighted by Crippen LogP contribution is -2.08. The minimum absolute atomic E-state index is 0.00717. The number of hydrogen-bond acceptors (Lipinski definition) is 2. The van der Waals surface area contributed by atoms with Gasteiger partial charge in [-0.05, 0) is 37.1 Å². The highest BCUT2D eigenvalue weighted by atomic mass is 19.1. The number of nitrogens with zero attached hydrogens (tertiary/aromatic N) is 1. The summed E-state index contributed by atoms with van der Waals surface area (Å²) in [6.45, 7) is 2.07. The fourth-order valence-electron chi connectivity index (χ4n) is 2.13. The molecular formula is C14H12FNO2. The Morgan fingerprint density at radius 1 is 1.39 bits per heavy atom. The van der Waals surface area contributed by atoms with Gasteiger partial charge in [-0.1, -0.05) is 6.92 Å². The van der Waals surface area contributed by atoms with Crippen molar-refractivity contribution >= 4 is 16.9 Å². The molecule has 1 heterocycles. The average Bonchev–Trinajstić information content (AvgIpc) is 3.07. The van der Waals surface area contributed by atoms with E-state index in [-0.39, 0.29) is 11.0 Å². The Morgan fingerprint density at radius 2 is 2.11 bits per heavy atom. The zero-order chi connectivity index (χ0) is 12.9. The van der Waals surface area contributed by atoms with Crippen LogP contribution in [0.5, 0.6) is 0 Å². The largest absolute Gasteiger partial charge is 0.478 e. The summed E-state index contributed by atoms with van der Waals surface area (Å²) in [5.74, 6) is -1.49. The fourth-order valence-corrected chi connectivity index (χ4v) is 2.13. The minimum atomic E-state index is -1.04. The highest BCUT2D eigenvalue weighted by Crippen LogP contribution is 2.47. The number of aromatic carboxylic acids is 1. The van der Waals surface area contributed by atoms with Crippen LogP contribution in [0.4, 0.5) is 4.39 Å². The molecular weight excluding hydrogens is 233 g/mol. The fraction of sp³-hybridized carbons (Fsp3) is 0.286. The van der Waals surface area contributed by atoms with Gasteiger partial charge in [-0.3, -0.25) is 4.98 Å². The molecule has 1 saturated carbocycles. The number of benzene rings is 1. The molecule has 0 radical (unpaired) electrons. The van der Waals surface area contributed by atoms with Gasteiger partial charge in [0.1, 0.15) is 5.82 Å². The Kier molecular flexibility index (Phi) is 2.17. The molecule has 0 atom stereocenters. The third kappa shape index (κ3) is 1.65. The van der Waals surface area contributed by atoms with E-state index in [1.807, 2.05) is 0 Å². The van der Waals surface area contributed by atoms with Crippen molar-refractivity contribution < 1.29 is 14.3 Å². The maximum atomic E-state index is 13.2. The smallest absolute Gasteiger partial charge is 0.336 e. The number of fused-ring (bicyclic) bond motifs is 1. The van der Waals surface area contributed by atoms with Gasteiger partial charge >= 0.3 is 5.97 Å². The zero-order valence-corrected chi connectivity index (χ0v) is 9.90. The van der Waals surface area contributed by atoms with Crippen molar-refractivity contribution in [2.45, 2.75) is 25.2 Å². The Morgan fingerprint density at radius 3 is 2.72 bits per heavy atom. The van der Waals surface area contributed by atoms with Crippen LogP contribution in [0.15, 0.2) is 24.3 Å². The Hall–Kier alpha value is -1.97. The van der Waals surface area contributed by atoms with Crippen LogP contribution in [-0.4, -0.2) is 16.1 Å². The highest BCUT2D eigenvalue weighted by molar-refractivity contribution is 6.02. The van der Waals surface area contributed by atoms with Gasteiger partial charge in [0.2, 0.25) is 0 Å². The van der Waals surface area contributed by atoms with Crippen LogP contribution in [0.2, 0.25) is 0 Å². The second-order valence-electron chi connectivity index (χ2n) is 5.08. The van der Waals surface area contributed by atoms with E-state index < -0.39 is 11.8 Å². The van der Waals surface area contributed by atoms with Crippen molar-refractivity contribution in [1.82, 2.24) is 4.98 Å². The summed E-state index contributed by atoms with van der Waals surface area (Å²) in [6, 6.07) is 5.65. The summed E-state index contributed by atoms with van der Waals surface area (Å²) in [5.41, 5.74) is 1.45. The van der Waals surface area contributed by atoms with Gasteiger partial charge < -0.3 is 5.11 Å². The van der Waals surface area contributed by atoms with Crippen molar-refractivity contribution in [2.75, 3.05) is 0 Å². The molecule has 3 nitrogen and oxygen atoms in total. The molecule has 3 rings (SSSR count). The maximum Gasteiger partial charge on any atom is 0.336 e. The molecule has 0 aliphatic heterocycles. The number of pyridine rings is 1. The first-order valence-corrected chi connectivity index (χ1v) is 5.84. The molecule has 0 amide bonds. The third-order valence-electron chi connectivity index (χ3n) is 3.62. The summed E-state index contributed by atoms with van der Waals surface area (Å²) < 4.78 is 13.2. The minimum Gasteiger partial charge on any atom is -0.478 e. The molecule has 1 fully saturated rings. The van der Waals surface area contributed by atoms with Crippen molar-refractivity contribution in [3.05, 3.63) is 41.3 Å². The van der Waals surface area contributed by atoms with Gasteiger partial charge in [-0.15, -0.1) is 0 Å². The van der Waals surface area contributed by atoms with E-state index in [1.165, 1.54) is 18.2 Å². The molecule has 0 spiro atoms. The third-order valence-corrected chi connectivity index (χ3v) is 3.62. The van der Waals surface area contributed by atoms with Crippen molar-refractivity contribution in [3.8, 4) is 0 Å². The van der Waals surface area contributed by atoms with Crippen LogP contribution in [-0.2, 0) is 5.41 Å². The lowest BCUT2D eigenvalue weighted by molar-refractivity contribution is 0.0699. The Labute approximate surface area is 103 Å². The van der Waals surface area contributed by atoms with Crippen molar-refractivity contribution in [3.63, 3.8) is 0 Å². The van der Waals surface area contributed by atoms with Crippen LogP contribution in [0.25, 0.3) is 10.9 Å². The van der Waals surface area contributed by atoms with Crippen LogP contribution in [0.3, 0.4) is 0 Å². The van der Waals surface area contributed by atoms with E-state index >= 15 is 0 Å². The number of aromatic nitrogens is 1. The molecule has 1 aromatic carbocycles. The molecule has 1 N–H and O–H groups in total. The predicted molar refractivity (Wildman–Crippen MR) is 65.2 cm³/mol.